The van der Waals surface area contributed by atoms with Crippen molar-refractivity contribution in [2.75, 3.05) is 18.5 Å². The molecule has 0 saturated carbocycles. The van der Waals surface area contributed by atoms with Gasteiger partial charge in [0.2, 0.25) is 0 Å². The molecule has 1 aliphatic heterocycles. The Morgan fingerprint density at radius 3 is 2.61 bits per heavy atom. The smallest absolute Gasteiger partial charge is 0.266 e. The Hall–Kier alpha value is -2.80. The van der Waals surface area contributed by atoms with E-state index in [4.69, 9.17) is 9.47 Å². The Morgan fingerprint density at radius 2 is 1.86 bits per heavy atom. The summed E-state index contributed by atoms with van der Waals surface area (Å²) in [4.78, 5) is 14.4. The van der Waals surface area contributed by atoms with Crippen molar-refractivity contribution < 1.29 is 14.3 Å². The first-order valence-electron chi connectivity index (χ1n) is 9.19. The van der Waals surface area contributed by atoms with Gasteiger partial charge in [-0.25, -0.2) is 4.68 Å². The molecule has 1 aromatic carbocycles. The number of ether oxygens (including phenoxy) is 2. The average molecular weight is 398 g/mol. The van der Waals surface area contributed by atoms with Crippen LogP contribution in [0, 0.1) is 6.92 Å². The van der Waals surface area contributed by atoms with Gasteiger partial charge in [-0.15, -0.1) is 11.3 Å². The summed E-state index contributed by atoms with van der Waals surface area (Å²) < 4.78 is 13.1. The Labute approximate surface area is 168 Å². The van der Waals surface area contributed by atoms with E-state index < -0.39 is 0 Å². The molecule has 3 aromatic rings. The van der Waals surface area contributed by atoms with Gasteiger partial charge in [0.05, 0.1) is 16.1 Å². The fourth-order valence-corrected chi connectivity index (χ4v) is 3.99. The number of hydrogen-bond donors (Lipinski definition) is 1. The zero-order valence-corrected chi connectivity index (χ0v) is 17.2. The normalized spacial score (nSPS) is 13.4. The number of nitrogens with zero attached hydrogens (tertiary/aromatic N) is 2. The van der Waals surface area contributed by atoms with Crippen molar-refractivity contribution in [2.45, 2.75) is 33.2 Å². The molecule has 1 amide bonds. The molecular formula is C21H23N3O3S. The van der Waals surface area contributed by atoms with Gasteiger partial charge in [-0.1, -0.05) is 0 Å². The van der Waals surface area contributed by atoms with Crippen LogP contribution in [-0.4, -0.2) is 28.9 Å². The van der Waals surface area contributed by atoms with Gasteiger partial charge in [0.1, 0.15) is 19.0 Å². The monoisotopic (exact) mass is 397 g/mol. The predicted molar refractivity (Wildman–Crippen MR) is 111 cm³/mol. The lowest BCUT2D eigenvalue weighted by atomic mass is 10.1. The Morgan fingerprint density at radius 1 is 1.11 bits per heavy atom. The van der Waals surface area contributed by atoms with E-state index in [1.807, 2.05) is 48.0 Å². The van der Waals surface area contributed by atoms with Gasteiger partial charge in [-0.2, -0.15) is 5.10 Å². The number of aryl methyl sites for hydroxylation is 1. The van der Waals surface area contributed by atoms with Crippen molar-refractivity contribution >= 4 is 23.1 Å². The molecule has 0 fully saturated rings. The van der Waals surface area contributed by atoms with E-state index in [1.54, 1.807) is 0 Å². The number of carbonyl (C=O) groups excluding carboxylic acids is 1. The minimum atomic E-state index is -0.220. The molecule has 0 radical (unpaired) electrons. The number of amides is 1. The van der Waals surface area contributed by atoms with E-state index in [0.717, 1.165) is 27.6 Å². The summed E-state index contributed by atoms with van der Waals surface area (Å²) in [6.45, 7) is 9.21. The van der Waals surface area contributed by atoms with E-state index in [2.05, 4.69) is 31.2 Å². The van der Waals surface area contributed by atoms with Crippen LogP contribution in [0.5, 0.6) is 11.5 Å². The van der Waals surface area contributed by atoms with Crippen LogP contribution in [0.4, 0.5) is 5.82 Å². The standard InChI is InChI=1S/C21H23N3O3S/c1-13-11-19(24(23-13)21(2,3)4)22-20(25)18-8-7-17(28-18)14-5-6-15-16(12-14)27-10-9-26-15/h5-8,11-12H,9-10H2,1-4H3,(H,22,25). The molecule has 0 unspecified atom stereocenters. The zero-order chi connectivity index (χ0) is 19.9. The Balaban J connectivity index is 1.56. The third-order valence-corrected chi connectivity index (χ3v) is 5.50. The number of nitrogens with one attached hydrogen (secondary N) is 1. The molecule has 6 nitrogen and oxygen atoms in total. The Kier molecular flexibility index (Phi) is 4.63. The van der Waals surface area contributed by atoms with Crippen molar-refractivity contribution in [1.82, 2.24) is 9.78 Å². The van der Waals surface area contributed by atoms with Crippen LogP contribution in [0.25, 0.3) is 10.4 Å². The molecule has 0 aliphatic carbocycles. The van der Waals surface area contributed by atoms with E-state index in [-0.39, 0.29) is 11.4 Å². The highest BCUT2D eigenvalue weighted by Crippen LogP contribution is 2.37. The highest BCUT2D eigenvalue weighted by atomic mass is 32.1. The summed E-state index contributed by atoms with van der Waals surface area (Å²) in [5.41, 5.74) is 1.65. The van der Waals surface area contributed by atoms with E-state index in [9.17, 15) is 4.79 Å². The van der Waals surface area contributed by atoms with Crippen molar-refractivity contribution in [3.8, 4) is 21.9 Å². The van der Waals surface area contributed by atoms with Gasteiger partial charge in [0.15, 0.2) is 11.5 Å². The van der Waals surface area contributed by atoms with Crippen LogP contribution in [-0.2, 0) is 5.54 Å². The number of thiophene rings is 1. The van der Waals surface area contributed by atoms with Crippen molar-refractivity contribution in [3.63, 3.8) is 0 Å². The summed E-state index contributed by atoms with van der Waals surface area (Å²) >= 11 is 1.45. The molecule has 0 bridgehead atoms. The molecule has 7 heteroatoms. The minimum absolute atomic E-state index is 0.140. The molecule has 146 valence electrons. The maximum atomic E-state index is 12.8. The number of hydrogen-bond acceptors (Lipinski definition) is 5. The quantitative estimate of drug-likeness (QED) is 0.696. The zero-order valence-electron chi connectivity index (χ0n) is 16.4. The topological polar surface area (TPSA) is 65.4 Å². The lowest BCUT2D eigenvalue weighted by Crippen LogP contribution is -2.26. The first-order valence-corrected chi connectivity index (χ1v) is 10.0. The molecule has 0 saturated heterocycles. The largest absolute Gasteiger partial charge is 0.486 e. The van der Waals surface area contributed by atoms with Crippen LogP contribution in [0.1, 0.15) is 36.1 Å². The molecule has 28 heavy (non-hydrogen) atoms. The lowest BCUT2D eigenvalue weighted by molar-refractivity contribution is 0.102. The molecule has 0 atom stereocenters. The predicted octanol–water partition coefficient (Wildman–Crippen LogP) is 4.70. The third-order valence-electron chi connectivity index (χ3n) is 4.37. The van der Waals surface area contributed by atoms with Crippen LogP contribution in [0.3, 0.4) is 0 Å². The summed E-state index contributed by atoms with van der Waals surface area (Å²) in [7, 11) is 0. The molecule has 4 rings (SSSR count). The number of rotatable bonds is 3. The van der Waals surface area contributed by atoms with Crippen LogP contribution >= 0.6 is 11.3 Å². The number of carbonyl (C=O) groups is 1. The van der Waals surface area contributed by atoms with Crippen molar-refractivity contribution in [2.24, 2.45) is 0 Å². The maximum absolute atomic E-state index is 12.8. The summed E-state index contributed by atoms with van der Waals surface area (Å²) in [6.07, 6.45) is 0. The van der Waals surface area contributed by atoms with Crippen LogP contribution in [0.2, 0.25) is 0 Å². The van der Waals surface area contributed by atoms with E-state index in [0.29, 0.717) is 23.9 Å². The van der Waals surface area contributed by atoms with Gasteiger partial charge >= 0.3 is 0 Å². The first kappa shape index (κ1) is 18.6. The van der Waals surface area contributed by atoms with Gasteiger partial charge < -0.3 is 14.8 Å². The molecule has 0 spiro atoms. The lowest BCUT2D eigenvalue weighted by Gasteiger charge is -2.22. The van der Waals surface area contributed by atoms with E-state index in [1.165, 1.54) is 11.3 Å². The summed E-state index contributed by atoms with van der Waals surface area (Å²) in [5.74, 6) is 2.06. The number of anilines is 1. The Bertz CT molecular complexity index is 1030. The molecular weight excluding hydrogens is 374 g/mol. The number of aromatic nitrogens is 2. The highest BCUT2D eigenvalue weighted by molar-refractivity contribution is 7.17. The minimum Gasteiger partial charge on any atom is -0.486 e. The van der Waals surface area contributed by atoms with Crippen molar-refractivity contribution in [1.29, 1.82) is 0 Å². The second-order valence-corrected chi connectivity index (χ2v) is 8.81. The van der Waals surface area contributed by atoms with Crippen LogP contribution in [0.15, 0.2) is 36.4 Å². The second kappa shape index (κ2) is 6.98. The maximum Gasteiger partial charge on any atom is 0.266 e. The fourth-order valence-electron chi connectivity index (χ4n) is 3.09. The molecule has 2 aromatic heterocycles. The van der Waals surface area contributed by atoms with Gasteiger partial charge in [-0.3, -0.25) is 4.79 Å². The first-order chi connectivity index (χ1) is 13.3. The highest BCUT2D eigenvalue weighted by Gasteiger charge is 2.21. The molecule has 3 heterocycles. The summed E-state index contributed by atoms with van der Waals surface area (Å²) in [5, 5.41) is 7.50. The van der Waals surface area contributed by atoms with Gasteiger partial charge in [0, 0.05) is 10.9 Å². The third kappa shape index (κ3) is 3.62. The molecule has 1 N–H and O–H groups in total. The SMILES string of the molecule is Cc1cc(NC(=O)c2ccc(-c3ccc4c(c3)OCCO4)s2)n(C(C)(C)C)n1. The second-order valence-electron chi connectivity index (χ2n) is 7.73. The van der Waals surface area contributed by atoms with Gasteiger partial charge in [-0.05, 0) is 63.6 Å². The molecule has 1 aliphatic rings. The average Bonchev–Trinajstić information content (AvgIpc) is 3.28. The van der Waals surface area contributed by atoms with Gasteiger partial charge in [0.25, 0.3) is 5.91 Å². The summed E-state index contributed by atoms with van der Waals surface area (Å²) in [6, 6.07) is 11.5. The van der Waals surface area contributed by atoms with Crippen molar-refractivity contribution in [3.05, 3.63) is 47.0 Å². The number of benzene rings is 1. The fraction of sp³-hybridized carbons (Fsp3) is 0.333. The van der Waals surface area contributed by atoms with E-state index >= 15 is 0 Å². The number of fused-ring (bicyclic) bond motifs is 1. The van der Waals surface area contributed by atoms with Crippen LogP contribution < -0.4 is 14.8 Å².